The largest absolute Gasteiger partial charge is 0.317 e. The summed E-state index contributed by atoms with van der Waals surface area (Å²) in [5, 5.41) is 0.566. The molecule has 1 aromatic rings. The topological polar surface area (TPSA) is 43.6 Å². The van der Waals surface area contributed by atoms with Crippen LogP contribution in [0.5, 0.6) is 0 Å². The van der Waals surface area contributed by atoms with Crippen LogP contribution in [-0.2, 0) is 6.54 Å². The van der Waals surface area contributed by atoms with Crippen molar-refractivity contribution in [3.63, 3.8) is 0 Å². The van der Waals surface area contributed by atoms with Crippen LogP contribution in [-0.4, -0.2) is 19.5 Å². The SMILES string of the molecule is Clc1c2ncnc-2ncn1Cc1ccccc1. The van der Waals surface area contributed by atoms with Gasteiger partial charge < -0.3 is 4.57 Å². The van der Waals surface area contributed by atoms with E-state index in [0.29, 0.717) is 23.2 Å². The number of nitrogens with zero attached hydrogens (tertiary/aromatic N) is 4. The molecule has 3 rings (SSSR count). The molecule has 0 fully saturated rings. The van der Waals surface area contributed by atoms with Gasteiger partial charge >= 0.3 is 0 Å². The van der Waals surface area contributed by atoms with Gasteiger partial charge in [0.05, 0.1) is 6.33 Å². The van der Waals surface area contributed by atoms with Crippen molar-refractivity contribution < 1.29 is 0 Å². The second-order valence-corrected chi connectivity index (χ2v) is 4.05. The van der Waals surface area contributed by atoms with Gasteiger partial charge in [-0.25, -0.2) is 15.0 Å². The highest BCUT2D eigenvalue weighted by molar-refractivity contribution is 6.31. The molecule has 0 saturated carbocycles. The Labute approximate surface area is 103 Å². The minimum atomic E-state index is 0.566. The van der Waals surface area contributed by atoms with Crippen molar-refractivity contribution in [3.05, 3.63) is 53.7 Å². The van der Waals surface area contributed by atoms with Crippen LogP contribution in [0.3, 0.4) is 0 Å². The normalized spacial score (nSPS) is 10.9. The zero-order chi connectivity index (χ0) is 11.7. The van der Waals surface area contributed by atoms with Gasteiger partial charge in [-0.05, 0) is 5.56 Å². The molecular weight excluding hydrogens is 236 g/mol. The maximum absolute atomic E-state index is 6.25. The van der Waals surface area contributed by atoms with E-state index in [1.807, 2.05) is 34.9 Å². The highest BCUT2D eigenvalue weighted by Gasteiger charge is 2.14. The number of benzene rings is 1. The molecule has 2 aliphatic rings. The molecule has 0 aromatic heterocycles. The standard InChI is InChI=1S/C12H9ClN4/c13-11-10-12(15-7-14-10)16-8-17(11)6-9-4-2-1-3-5-9/h1-5,7-8H,6H2. The van der Waals surface area contributed by atoms with Crippen molar-refractivity contribution in [2.75, 3.05) is 0 Å². The lowest BCUT2D eigenvalue weighted by Crippen LogP contribution is -2.05. The van der Waals surface area contributed by atoms with E-state index in [1.165, 1.54) is 11.9 Å². The summed E-state index contributed by atoms with van der Waals surface area (Å²) in [7, 11) is 0. The van der Waals surface area contributed by atoms with E-state index in [9.17, 15) is 0 Å². The predicted molar refractivity (Wildman–Crippen MR) is 65.0 cm³/mol. The number of aromatic nitrogens is 4. The Morgan fingerprint density at radius 3 is 2.71 bits per heavy atom. The first-order valence-electron chi connectivity index (χ1n) is 5.20. The molecule has 0 bridgehead atoms. The monoisotopic (exact) mass is 244 g/mol. The fraction of sp³-hybridized carbons (Fsp3) is 0.0833. The van der Waals surface area contributed by atoms with E-state index in [0.717, 1.165) is 0 Å². The molecule has 0 saturated heterocycles. The average molecular weight is 245 g/mol. The molecule has 0 amide bonds. The third-order valence-corrected chi connectivity index (χ3v) is 2.94. The summed E-state index contributed by atoms with van der Waals surface area (Å²) in [6, 6.07) is 10.1. The second-order valence-electron chi connectivity index (χ2n) is 3.69. The van der Waals surface area contributed by atoms with Gasteiger partial charge in [-0.1, -0.05) is 41.9 Å². The van der Waals surface area contributed by atoms with Gasteiger partial charge in [-0.3, -0.25) is 0 Å². The summed E-state index contributed by atoms with van der Waals surface area (Å²) >= 11 is 6.25. The number of imidazole rings is 1. The van der Waals surface area contributed by atoms with Crippen LogP contribution in [0.25, 0.3) is 11.5 Å². The Kier molecular flexibility index (Phi) is 2.49. The first-order chi connectivity index (χ1) is 8.34. The van der Waals surface area contributed by atoms with Crippen molar-refractivity contribution in [2.24, 2.45) is 0 Å². The van der Waals surface area contributed by atoms with Crippen LogP contribution in [0.4, 0.5) is 0 Å². The lowest BCUT2D eigenvalue weighted by atomic mass is 10.2. The highest BCUT2D eigenvalue weighted by Crippen LogP contribution is 2.24. The molecule has 1 aromatic carbocycles. The molecule has 5 heteroatoms. The summed E-state index contributed by atoms with van der Waals surface area (Å²) in [6.07, 6.45) is 3.16. The van der Waals surface area contributed by atoms with Gasteiger partial charge in [0, 0.05) is 6.54 Å². The first kappa shape index (κ1) is 10.2. The van der Waals surface area contributed by atoms with E-state index >= 15 is 0 Å². The second kappa shape index (κ2) is 4.14. The smallest absolute Gasteiger partial charge is 0.184 e. The zero-order valence-corrected chi connectivity index (χ0v) is 9.67. The highest BCUT2D eigenvalue weighted by atomic mass is 35.5. The van der Waals surface area contributed by atoms with E-state index in [2.05, 4.69) is 15.0 Å². The van der Waals surface area contributed by atoms with Gasteiger partial charge in [0.1, 0.15) is 17.2 Å². The van der Waals surface area contributed by atoms with Crippen molar-refractivity contribution >= 4 is 11.6 Å². The molecule has 84 valence electrons. The summed E-state index contributed by atoms with van der Waals surface area (Å²) in [5.41, 5.74) is 1.81. The molecule has 0 radical (unpaired) electrons. The molecule has 0 aliphatic carbocycles. The number of fused-ring (bicyclic) bond motifs is 1. The number of hydrogen-bond donors (Lipinski definition) is 0. The fourth-order valence-corrected chi connectivity index (χ4v) is 1.94. The molecular formula is C12H9ClN4. The third kappa shape index (κ3) is 1.87. The van der Waals surface area contributed by atoms with Crippen molar-refractivity contribution in [2.45, 2.75) is 6.54 Å². The maximum Gasteiger partial charge on any atom is 0.184 e. The Hall–Kier alpha value is -1.94. The van der Waals surface area contributed by atoms with Gasteiger partial charge in [0.15, 0.2) is 5.82 Å². The Bertz CT molecular complexity index is 605. The van der Waals surface area contributed by atoms with Gasteiger partial charge in [0.25, 0.3) is 0 Å². The molecule has 0 atom stereocenters. The molecule has 0 N–H and O–H groups in total. The minimum absolute atomic E-state index is 0.566. The van der Waals surface area contributed by atoms with Crippen LogP contribution in [0.15, 0.2) is 43.0 Å². The van der Waals surface area contributed by atoms with Crippen LogP contribution in [0.2, 0.25) is 5.15 Å². The van der Waals surface area contributed by atoms with E-state index in [1.54, 1.807) is 6.33 Å². The summed E-state index contributed by atoms with van der Waals surface area (Å²) in [5.74, 6) is 0.583. The summed E-state index contributed by atoms with van der Waals surface area (Å²) < 4.78 is 1.86. The Morgan fingerprint density at radius 2 is 1.88 bits per heavy atom. The summed E-state index contributed by atoms with van der Waals surface area (Å²) in [6.45, 7) is 0.676. The average Bonchev–Trinajstić information content (AvgIpc) is 2.83. The third-order valence-electron chi connectivity index (χ3n) is 2.54. The Balaban J connectivity index is 2.01. The lowest BCUT2D eigenvalue weighted by molar-refractivity contribution is 0.765. The van der Waals surface area contributed by atoms with Gasteiger partial charge in [-0.15, -0.1) is 0 Å². The molecule has 0 spiro atoms. The van der Waals surface area contributed by atoms with Crippen LogP contribution < -0.4 is 0 Å². The quantitative estimate of drug-likeness (QED) is 0.651. The fourth-order valence-electron chi connectivity index (χ4n) is 1.70. The number of halogens is 1. The van der Waals surface area contributed by atoms with Crippen molar-refractivity contribution in [1.82, 2.24) is 19.5 Å². The van der Waals surface area contributed by atoms with E-state index in [-0.39, 0.29) is 0 Å². The molecule has 17 heavy (non-hydrogen) atoms. The van der Waals surface area contributed by atoms with Gasteiger partial charge in [0.2, 0.25) is 0 Å². The van der Waals surface area contributed by atoms with Gasteiger partial charge in [-0.2, -0.15) is 0 Å². The summed E-state index contributed by atoms with van der Waals surface area (Å²) in [4.78, 5) is 12.3. The maximum atomic E-state index is 6.25. The molecule has 4 nitrogen and oxygen atoms in total. The predicted octanol–water partition coefficient (Wildman–Crippen LogP) is 2.48. The van der Waals surface area contributed by atoms with Crippen LogP contribution in [0, 0.1) is 0 Å². The van der Waals surface area contributed by atoms with Crippen LogP contribution in [0.1, 0.15) is 5.56 Å². The molecule has 2 heterocycles. The minimum Gasteiger partial charge on any atom is -0.317 e. The van der Waals surface area contributed by atoms with E-state index in [4.69, 9.17) is 11.6 Å². The number of hydrogen-bond acceptors (Lipinski definition) is 3. The lowest BCUT2D eigenvalue weighted by Gasteiger charge is -2.10. The molecule has 2 aliphatic heterocycles. The van der Waals surface area contributed by atoms with Crippen LogP contribution >= 0.6 is 11.6 Å². The van der Waals surface area contributed by atoms with Crippen molar-refractivity contribution in [3.8, 4) is 11.5 Å². The first-order valence-corrected chi connectivity index (χ1v) is 5.57. The molecule has 0 unspecified atom stereocenters. The number of rotatable bonds is 2. The zero-order valence-electron chi connectivity index (χ0n) is 8.92. The van der Waals surface area contributed by atoms with E-state index < -0.39 is 0 Å². The van der Waals surface area contributed by atoms with Crippen molar-refractivity contribution in [1.29, 1.82) is 0 Å². The Morgan fingerprint density at radius 1 is 1.06 bits per heavy atom.